The smallest absolute Gasteiger partial charge is 0.306 e. The number of fused-ring (bicyclic) bond motifs is 1. The molecule has 0 radical (unpaired) electrons. The molecular formula is C21H23N5O4. The molecule has 0 saturated heterocycles. The normalized spacial score (nSPS) is 19.0. The zero-order valence-corrected chi connectivity index (χ0v) is 16.6. The van der Waals surface area contributed by atoms with Gasteiger partial charge in [0.25, 0.3) is 0 Å². The minimum Gasteiger partial charge on any atom is -0.481 e. The summed E-state index contributed by atoms with van der Waals surface area (Å²) in [5.41, 5.74) is 8.53. The molecule has 3 aromatic heterocycles. The number of hydrogen-bond acceptors (Lipinski definition) is 7. The lowest BCUT2D eigenvalue weighted by molar-refractivity contribution is -0.143. The predicted molar refractivity (Wildman–Crippen MR) is 109 cm³/mol. The number of aliphatic carboxylic acids is 1. The van der Waals surface area contributed by atoms with Crippen LogP contribution in [0.5, 0.6) is 5.88 Å². The van der Waals surface area contributed by atoms with Crippen LogP contribution in [-0.2, 0) is 4.79 Å². The summed E-state index contributed by atoms with van der Waals surface area (Å²) in [7, 11) is 1.54. The first-order valence-corrected chi connectivity index (χ1v) is 9.86. The number of hydrogen-bond donors (Lipinski definition) is 2. The number of carbonyl (C=O) groups excluding carboxylic acids is 1. The second kappa shape index (κ2) is 8.10. The molecule has 3 N–H and O–H groups in total. The van der Waals surface area contributed by atoms with E-state index in [2.05, 4.69) is 15.1 Å². The molecule has 0 spiro atoms. The summed E-state index contributed by atoms with van der Waals surface area (Å²) in [6.45, 7) is 0. The first-order chi connectivity index (χ1) is 14.5. The van der Waals surface area contributed by atoms with Gasteiger partial charge in [-0.15, -0.1) is 0 Å². The number of methoxy groups -OCH3 is 1. The number of nitrogens with two attached hydrogens (primary N) is 1. The zero-order chi connectivity index (χ0) is 21.3. The van der Waals surface area contributed by atoms with Gasteiger partial charge in [0.2, 0.25) is 5.88 Å². The van der Waals surface area contributed by atoms with Crippen molar-refractivity contribution >= 4 is 23.1 Å². The van der Waals surface area contributed by atoms with Crippen molar-refractivity contribution in [2.75, 3.05) is 12.8 Å². The predicted octanol–water partition coefficient (Wildman–Crippen LogP) is 2.85. The average Bonchev–Trinajstić information content (AvgIpc) is 3.15. The third kappa shape index (κ3) is 3.70. The summed E-state index contributed by atoms with van der Waals surface area (Å²) < 4.78 is 6.82. The number of anilines is 1. The first kappa shape index (κ1) is 19.8. The van der Waals surface area contributed by atoms with E-state index in [-0.39, 0.29) is 23.4 Å². The number of nitrogen functional groups attached to an aromatic ring is 1. The number of carboxylic acid groups (broad SMARTS) is 1. The summed E-state index contributed by atoms with van der Waals surface area (Å²) in [4.78, 5) is 32.5. The van der Waals surface area contributed by atoms with Crippen molar-refractivity contribution in [1.82, 2.24) is 19.6 Å². The van der Waals surface area contributed by atoms with Crippen molar-refractivity contribution in [2.24, 2.45) is 11.8 Å². The van der Waals surface area contributed by atoms with Gasteiger partial charge in [-0.1, -0.05) is 0 Å². The summed E-state index contributed by atoms with van der Waals surface area (Å²) in [5, 5.41) is 13.5. The van der Waals surface area contributed by atoms with E-state index in [1.807, 2.05) is 6.07 Å². The summed E-state index contributed by atoms with van der Waals surface area (Å²) in [6.07, 6.45) is 6.00. The maximum absolute atomic E-state index is 13.2. The molecule has 9 nitrogen and oxygen atoms in total. The van der Waals surface area contributed by atoms with E-state index in [1.54, 1.807) is 22.8 Å². The van der Waals surface area contributed by atoms with Crippen LogP contribution in [0.3, 0.4) is 0 Å². The van der Waals surface area contributed by atoms with Crippen LogP contribution in [-0.4, -0.2) is 43.6 Å². The fraction of sp³-hybridized carbons (Fsp3) is 0.381. The van der Waals surface area contributed by atoms with Crippen molar-refractivity contribution in [2.45, 2.75) is 32.1 Å². The van der Waals surface area contributed by atoms with E-state index in [1.165, 1.54) is 13.4 Å². The summed E-state index contributed by atoms with van der Waals surface area (Å²) in [6, 6.07) is 5.35. The van der Waals surface area contributed by atoms with Gasteiger partial charge in [-0.25, -0.2) is 14.5 Å². The fourth-order valence-corrected chi connectivity index (χ4v) is 4.15. The highest BCUT2D eigenvalue weighted by Gasteiger charge is 2.29. The number of Topliss-reactive ketones (excluding diaryl/α,β-unsaturated/α-hetero) is 1. The molecule has 0 aliphatic heterocycles. The van der Waals surface area contributed by atoms with Crippen LogP contribution in [0.1, 0.15) is 42.5 Å². The summed E-state index contributed by atoms with van der Waals surface area (Å²) in [5.74, 6) is -0.245. The van der Waals surface area contributed by atoms with Crippen molar-refractivity contribution < 1.29 is 19.4 Å². The van der Waals surface area contributed by atoms with Gasteiger partial charge in [-0.05, 0) is 43.7 Å². The quantitative estimate of drug-likeness (QED) is 0.594. The van der Waals surface area contributed by atoms with Crippen LogP contribution < -0.4 is 10.5 Å². The Morgan fingerprint density at radius 3 is 2.70 bits per heavy atom. The lowest BCUT2D eigenvalue weighted by Gasteiger charge is -2.25. The van der Waals surface area contributed by atoms with E-state index in [0.29, 0.717) is 41.9 Å². The molecule has 30 heavy (non-hydrogen) atoms. The Kier molecular flexibility index (Phi) is 5.35. The topological polar surface area (TPSA) is 133 Å². The second-order valence-electron chi connectivity index (χ2n) is 7.62. The Hall–Kier alpha value is -3.49. The van der Waals surface area contributed by atoms with Crippen LogP contribution >= 0.6 is 0 Å². The minimum atomic E-state index is -0.749. The van der Waals surface area contributed by atoms with Gasteiger partial charge in [0.1, 0.15) is 11.8 Å². The van der Waals surface area contributed by atoms with E-state index < -0.39 is 5.97 Å². The van der Waals surface area contributed by atoms with Gasteiger partial charge < -0.3 is 15.6 Å². The molecule has 0 bridgehead atoms. The van der Waals surface area contributed by atoms with Crippen LogP contribution in [0.25, 0.3) is 16.8 Å². The number of ketones is 1. The highest BCUT2D eigenvalue weighted by atomic mass is 16.5. The lowest BCUT2D eigenvalue weighted by atomic mass is 9.79. The van der Waals surface area contributed by atoms with Gasteiger partial charge in [-0.3, -0.25) is 9.59 Å². The van der Waals surface area contributed by atoms with Gasteiger partial charge >= 0.3 is 5.97 Å². The van der Waals surface area contributed by atoms with Crippen LogP contribution in [0, 0.1) is 11.8 Å². The van der Waals surface area contributed by atoms with E-state index in [0.717, 1.165) is 18.4 Å². The molecule has 4 rings (SSSR count). The third-order valence-corrected chi connectivity index (χ3v) is 5.79. The number of pyridine rings is 1. The lowest BCUT2D eigenvalue weighted by Crippen LogP contribution is -2.22. The maximum Gasteiger partial charge on any atom is 0.306 e. The highest BCUT2D eigenvalue weighted by molar-refractivity contribution is 6.06. The monoisotopic (exact) mass is 409 g/mol. The Morgan fingerprint density at radius 2 is 2.00 bits per heavy atom. The number of nitrogens with zero attached hydrogens (tertiary/aromatic N) is 4. The van der Waals surface area contributed by atoms with Crippen molar-refractivity contribution in [1.29, 1.82) is 0 Å². The Balaban J connectivity index is 1.66. The zero-order valence-electron chi connectivity index (χ0n) is 16.6. The summed E-state index contributed by atoms with van der Waals surface area (Å²) >= 11 is 0. The minimum absolute atomic E-state index is 0.0416. The Morgan fingerprint density at radius 1 is 1.23 bits per heavy atom. The number of aromatic nitrogens is 4. The largest absolute Gasteiger partial charge is 0.481 e. The van der Waals surface area contributed by atoms with Gasteiger partial charge in [0, 0.05) is 29.8 Å². The number of carboxylic acids is 1. The van der Waals surface area contributed by atoms with Crippen LogP contribution in [0.15, 0.2) is 30.7 Å². The molecule has 1 saturated carbocycles. The molecule has 0 atom stereocenters. The first-order valence-electron chi connectivity index (χ1n) is 9.86. The number of rotatable bonds is 6. The van der Waals surface area contributed by atoms with Crippen molar-refractivity contribution in [3.05, 3.63) is 36.3 Å². The SMILES string of the molecule is COc1cc(-c2cc(C(=O)CC3CCC(C(=O)O)CC3)c3c(N)ncnn23)ccn1. The van der Waals surface area contributed by atoms with Crippen molar-refractivity contribution in [3.8, 4) is 17.1 Å². The maximum atomic E-state index is 13.2. The second-order valence-corrected chi connectivity index (χ2v) is 7.62. The van der Waals surface area contributed by atoms with E-state index >= 15 is 0 Å². The molecule has 1 aliphatic rings. The highest BCUT2D eigenvalue weighted by Crippen LogP contribution is 2.34. The fourth-order valence-electron chi connectivity index (χ4n) is 4.15. The molecular weight excluding hydrogens is 386 g/mol. The molecule has 3 aromatic rings. The third-order valence-electron chi connectivity index (χ3n) is 5.79. The van der Waals surface area contributed by atoms with Crippen LogP contribution in [0.4, 0.5) is 5.82 Å². The van der Waals surface area contributed by atoms with Gasteiger partial charge in [0.15, 0.2) is 11.6 Å². The van der Waals surface area contributed by atoms with Gasteiger partial charge in [0.05, 0.1) is 18.7 Å². The van der Waals surface area contributed by atoms with E-state index in [4.69, 9.17) is 10.5 Å². The standard InChI is InChI=1S/C21H23N5O4/c1-30-18-9-14(6-7-23-18)16-10-15(19-20(22)24-11-25-26(16)19)17(27)8-12-2-4-13(5-3-12)21(28)29/h6-7,9-13H,2-5,8H2,1H3,(H,28,29)(H2,22,24,25). The molecule has 1 aliphatic carbocycles. The van der Waals surface area contributed by atoms with Crippen LogP contribution in [0.2, 0.25) is 0 Å². The number of ether oxygens (including phenoxy) is 1. The average molecular weight is 409 g/mol. The molecule has 1 fully saturated rings. The molecule has 156 valence electrons. The Bertz CT molecular complexity index is 1100. The molecule has 0 aromatic carbocycles. The number of carbonyl (C=O) groups is 2. The van der Waals surface area contributed by atoms with Gasteiger partial charge in [-0.2, -0.15) is 5.10 Å². The molecule has 9 heteroatoms. The molecule has 0 amide bonds. The Labute approximate surface area is 172 Å². The molecule has 3 heterocycles. The van der Waals surface area contributed by atoms with Crippen molar-refractivity contribution in [3.63, 3.8) is 0 Å². The van der Waals surface area contributed by atoms with E-state index in [9.17, 15) is 14.7 Å². The molecule has 0 unspecified atom stereocenters.